The largest absolute Gasteiger partial charge is 0.335 e. The second kappa shape index (κ2) is 8.08. The molecule has 1 aromatic heterocycles. The molecule has 2 heterocycles. The summed E-state index contributed by atoms with van der Waals surface area (Å²) in [4.78, 5) is 16.7. The topological polar surface area (TPSA) is 54.3 Å². The van der Waals surface area contributed by atoms with Crippen molar-refractivity contribution in [1.29, 1.82) is 0 Å². The van der Waals surface area contributed by atoms with E-state index in [9.17, 15) is 9.18 Å². The van der Waals surface area contributed by atoms with E-state index in [0.717, 1.165) is 11.3 Å². The lowest BCUT2D eigenvalue weighted by Crippen LogP contribution is -2.48. The Labute approximate surface area is 167 Å². The van der Waals surface area contributed by atoms with E-state index >= 15 is 0 Å². The number of amides is 1. The van der Waals surface area contributed by atoms with E-state index in [1.165, 1.54) is 12.1 Å². The Morgan fingerprint density at radius 2 is 1.82 bits per heavy atom. The Balaban J connectivity index is 1.36. The van der Waals surface area contributed by atoms with Crippen molar-refractivity contribution in [3.05, 3.63) is 76.8 Å². The van der Waals surface area contributed by atoms with Gasteiger partial charge in [-0.25, -0.2) is 9.07 Å². The lowest BCUT2D eigenvalue weighted by atomic mass is 10.2. The molecule has 1 amide bonds. The highest BCUT2D eigenvalue weighted by molar-refractivity contribution is 6.31. The molecule has 0 radical (unpaired) electrons. The molecule has 28 heavy (non-hydrogen) atoms. The molecule has 1 saturated heterocycles. The van der Waals surface area contributed by atoms with Crippen molar-refractivity contribution in [3.63, 3.8) is 0 Å². The van der Waals surface area contributed by atoms with Gasteiger partial charge in [-0.2, -0.15) is 0 Å². The van der Waals surface area contributed by atoms with Crippen LogP contribution in [-0.4, -0.2) is 56.9 Å². The molecular formula is C20H19ClFN5O. The number of carbonyl (C=O) groups is 1. The molecular weight excluding hydrogens is 381 g/mol. The molecule has 0 N–H and O–H groups in total. The molecule has 6 nitrogen and oxygen atoms in total. The first-order valence-corrected chi connectivity index (χ1v) is 9.41. The monoisotopic (exact) mass is 399 g/mol. The normalized spacial score (nSPS) is 15.0. The van der Waals surface area contributed by atoms with Crippen molar-refractivity contribution in [3.8, 4) is 5.69 Å². The van der Waals surface area contributed by atoms with Crippen molar-refractivity contribution in [2.24, 2.45) is 0 Å². The molecule has 0 bridgehead atoms. The number of rotatable bonds is 4. The van der Waals surface area contributed by atoms with Crippen LogP contribution in [0.25, 0.3) is 5.69 Å². The Hall–Kier alpha value is -2.77. The van der Waals surface area contributed by atoms with E-state index in [4.69, 9.17) is 11.6 Å². The van der Waals surface area contributed by atoms with Crippen molar-refractivity contribution in [2.75, 3.05) is 26.2 Å². The third-order valence-electron chi connectivity index (χ3n) is 4.80. The second-order valence-corrected chi connectivity index (χ2v) is 7.10. The molecule has 1 aliphatic rings. The molecule has 4 rings (SSSR count). The number of benzene rings is 2. The lowest BCUT2D eigenvalue weighted by Gasteiger charge is -2.34. The van der Waals surface area contributed by atoms with Crippen molar-refractivity contribution in [2.45, 2.75) is 6.54 Å². The molecule has 0 unspecified atom stereocenters. The Morgan fingerprint density at radius 1 is 1.07 bits per heavy atom. The number of hydrogen-bond donors (Lipinski definition) is 0. The first-order chi connectivity index (χ1) is 13.6. The third-order valence-corrected chi connectivity index (χ3v) is 5.15. The molecule has 144 valence electrons. The first-order valence-electron chi connectivity index (χ1n) is 9.03. The highest BCUT2D eigenvalue weighted by Gasteiger charge is 2.24. The van der Waals surface area contributed by atoms with Gasteiger partial charge in [-0.3, -0.25) is 9.69 Å². The predicted octanol–water partition coefficient (Wildman–Crippen LogP) is 3.02. The van der Waals surface area contributed by atoms with Gasteiger partial charge in [0.05, 0.1) is 11.9 Å². The van der Waals surface area contributed by atoms with Crippen LogP contribution in [0.2, 0.25) is 5.02 Å². The van der Waals surface area contributed by atoms with Gasteiger partial charge in [0.15, 0.2) is 5.69 Å². The quantitative estimate of drug-likeness (QED) is 0.676. The SMILES string of the molecule is O=C(c1cn(-c2ccccc2)nn1)N1CCN(Cc2ccc(F)cc2Cl)CC1. The van der Waals surface area contributed by atoms with E-state index in [2.05, 4.69) is 15.2 Å². The fraction of sp³-hybridized carbons (Fsp3) is 0.250. The maximum atomic E-state index is 13.2. The van der Waals surface area contributed by atoms with Crippen molar-refractivity contribution in [1.82, 2.24) is 24.8 Å². The number of aromatic nitrogens is 3. The van der Waals surface area contributed by atoms with Crippen molar-refractivity contribution < 1.29 is 9.18 Å². The third kappa shape index (κ3) is 4.05. The molecule has 0 atom stereocenters. The zero-order valence-corrected chi connectivity index (χ0v) is 15.9. The minimum atomic E-state index is -0.340. The van der Waals surface area contributed by atoms with E-state index in [-0.39, 0.29) is 11.7 Å². The molecule has 0 aliphatic carbocycles. The van der Waals surface area contributed by atoms with E-state index < -0.39 is 0 Å². The standard InChI is InChI=1S/C20H19ClFN5O/c21-18-12-16(22)7-6-15(18)13-25-8-10-26(11-9-25)20(28)19-14-27(24-23-19)17-4-2-1-3-5-17/h1-7,12,14H,8-11,13H2. The number of piperazine rings is 1. The highest BCUT2D eigenvalue weighted by Crippen LogP contribution is 2.20. The number of hydrogen-bond acceptors (Lipinski definition) is 4. The summed E-state index contributed by atoms with van der Waals surface area (Å²) < 4.78 is 14.8. The fourth-order valence-electron chi connectivity index (χ4n) is 3.23. The van der Waals surface area contributed by atoms with E-state index in [1.54, 1.807) is 21.8 Å². The van der Waals surface area contributed by atoms with Gasteiger partial charge in [0.1, 0.15) is 5.82 Å². The van der Waals surface area contributed by atoms with Gasteiger partial charge in [-0.1, -0.05) is 41.1 Å². The van der Waals surface area contributed by atoms with Gasteiger partial charge >= 0.3 is 0 Å². The van der Waals surface area contributed by atoms with Crippen LogP contribution in [0.1, 0.15) is 16.1 Å². The summed E-state index contributed by atoms with van der Waals surface area (Å²) in [7, 11) is 0. The summed E-state index contributed by atoms with van der Waals surface area (Å²) in [5, 5.41) is 8.51. The van der Waals surface area contributed by atoms with Crippen LogP contribution < -0.4 is 0 Å². The minimum absolute atomic E-state index is 0.123. The highest BCUT2D eigenvalue weighted by atomic mass is 35.5. The van der Waals surface area contributed by atoms with Crippen molar-refractivity contribution >= 4 is 17.5 Å². The lowest BCUT2D eigenvalue weighted by molar-refractivity contribution is 0.0622. The van der Waals surface area contributed by atoms with Crippen LogP contribution in [-0.2, 0) is 6.54 Å². The fourth-order valence-corrected chi connectivity index (χ4v) is 3.46. The Bertz CT molecular complexity index is 970. The molecule has 1 aliphatic heterocycles. The Kier molecular flexibility index (Phi) is 5.36. The second-order valence-electron chi connectivity index (χ2n) is 6.69. The summed E-state index contributed by atoms with van der Waals surface area (Å²) in [6, 6.07) is 14.0. The minimum Gasteiger partial charge on any atom is -0.335 e. The number of halogens is 2. The van der Waals surface area contributed by atoms with Gasteiger partial charge in [-0.05, 0) is 29.8 Å². The van der Waals surface area contributed by atoms with Crippen LogP contribution in [0.15, 0.2) is 54.7 Å². The average Bonchev–Trinajstić information content (AvgIpc) is 3.21. The van der Waals surface area contributed by atoms with Gasteiger partial charge in [-0.15, -0.1) is 5.10 Å². The maximum Gasteiger partial charge on any atom is 0.276 e. The predicted molar refractivity (Wildman–Crippen MR) is 104 cm³/mol. The molecule has 8 heteroatoms. The maximum absolute atomic E-state index is 13.2. The van der Waals surface area contributed by atoms with E-state index in [0.29, 0.717) is 43.4 Å². The summed E-state index contributed by atoms with van der Waals surface area (Å²) in [6.07, 6.45) is 1.66. The number of carbonyl (C=O) groups excluding carboxylic acids is 1. The van der Waals surface area contributed by atoms with Crippen LogP contribution >= 0.6 is 11.6 Å². The zero-order valence-electron chi connectivity index (χ0n) is 15.1. The van der Waals surface area contributed by atoms with Crippen LogP contribution in [0.4, 0.5) is 4.39 Å². The molecule has 0 saturated carbocycles. The van der Waals surface area contributed by atoms with Gasteiger partial charge in [0, 0.05) is 37.7 Å². The van der Waals surface area contributed by atoms with Crippen LogP contribution in [0.5, 0.6) is 0 Å². The molecule has 1 fully saturated rings. The molecule has 3 aromatic rings. The van der Waals surface area contributed by atoms with E-state index in [1.807, 2.05) is 30.3 Å². The van der Waals surface area contributed by atoms with Gasteiger partial charge in [0.2, 0.25) is 0 Å². The molecule has 0 spiro atoms. The van der Waals surface area contributed by atoms with Gasteiger partial charge < -0.3 is 4.90 Å². The summed E-state index contributed by atoms with van der Waals surface area (Å²) >= 11 is 6.11. The van der Waals surface area contributed by atoms with Crippen LogP contribution in [0.3, 0.4) is 0 Å². The van der Waals surface area contributed by atoms with Gasteiger partial charge in [0.25, 0.3) is 5.91 Å². The average molecular weight is 400 g/mol. The summed E-state index contributed by atoms with van der Waals surface area (Å²) in [5.74, 6) is -0.464. The summed E-state index contributed by atoms with van der Waals surface area (Å²) in [5.41, 5.74) is 2.07. The smallest absolute Gasteiger partial charge is 0.276 e. The Morgan fingerprint density at radius 3 is 2.54 bits per heavy atom. The molecule has 2 aromatic carbocycles. The number of para-hydroxylation sites is 1. The number of nitrogens with zero attached hydrogens (tertiary/aromatic N) is 5. The summed E-state index contributed by atoms with van der Waals surface area (Å²) in [6.45, 7) is 3.25. The first kappa shape index (κ1) is 18.6. The zero-order chi connectivity index (χ0) is 19.5. The van der Waals surface area contributed by atoms with Crippen LogP contribution in [0, 0.1) is 5.82 Å².